The molecule has 2 aliphatic heterocycles. The Bertz CT molecular complexity index is 1240. The lowest BCUT2D eigenvalue weighted by molar-refractivity contribution is 0.00578. The number of carbonyl (C=O) groups excluding carboxylic acids is 1. The molecule has 0 spiro atoms. The van der Waals surface area contributed by atoms with Crippen LogP contribution in [-0.2, 0) is 18.6 Å². The van der Waals surface area contributed by atoms with Gasteiger partial charge in [0.2, 0.25) is 10.9 Å². The third-order valence-electron chi connectivity index (χ3n) is 7.59. The summed E-state index contributed by atoms with van der Waals surface area (Å²) in [6.07, 6.45) is -1.25. The quantitative estimate of drug-likeness (QED) is 0.443. The van der Waals surface area contributed by atoms with Gasteiger partial charge in [-0.1, -0.05) is 24.3 Å². The number of hydrogen-bond acceptors (Lipinski definition) is 9. The van der Waals surface area contributed by atoms with E-state index in [2.05, 4.69) is 0 Å². The first-order valence-electron chi connectivity index (χ1n) is 12.4. The molecule has 2 saturated heterocycles. The highest BCUT2D eigenvalue weighted by Gasteiger charge is 2.52. The second kappa shape index (κ2) is 9.64. The van der Waals surface area contributed by atoms with Crippen LogP contribution in [0.15, 0.2) is 58.1 Å². The molecule has 38 heavy (non-hydrogen) atoms. The molecule has 4 rings (SSSR count). The van der Waals surface area contributed by atoms with Gasteiger partial charge >= 0.3 is 20.4 Å². The Morgan fingerprint density at radius 3 is 1.24 bits per heavy atom. The van der Waals surface area contributed by atoms with Crippen molar-refractivity contribution in [1.29, 1.82) is 0 Å². The van der Waals surface area contributed by atoms with Crippen LogP contribution in [0, 0.1) is 0 Å². The van der Waals surface area contributed by atoms with Gasteiger partial charge in [-0.15, -0.1) is 0 Å². The minimum atomic E-state index is -1.25. The van der Waals surface area contributed by atoms with Crippen molar-refractivity contribution in [3.8, 4) is 11.5 Å². The zero-order valence-corrected chi connectivity index (χ0v) is 22.9. The molecule has 0 aromatic heterocycles. The summed E-state index contributed by atoms with van der Waals surface area (Å²) in [5.74, 6) is -0.604. The van der Waals surface area contributed by atoms with E-state index in [1.54, 1.807) is 12.1 Å². The number of ether oxygens (including phenoxy) is 2. The third-order valence-corrected chi connectivity index (χ3v) is 7.59. The van der Waals surface area contributed by atoms with Crippen LogP contribution in [0.2, 0.25) is 0 Å². The maximum absolute atomic E-state index is 12.7. The molecule has 9 nitrogen and oxygen atoms in total. The highest BCUT2D eigenvalue weighted by Crippen LogP contribution is 2.37. The maximum Gasteiger partial charge on any atom is 0.519 e. The summed E-state index contributed by atoms with van der Waals surface area (Å²) in [4.78, 5) is 37.9. The normalized spacial score (nSPS) is 20.7. The van der Waals surface area contributed by atoms with E-state index in [0.29, 0.717) is 10.9 Å². The van der Waals surface area contributed by atoms with Crippen LogP contribution in [0.3, 0.4) is 0 Å². The van der Waals surface area contributed by atoms with Crippen molar-refractivity contribution < 1.29 is 32.9 Å². The Morgan fingerprint density at radius 1 is 0.605 bits per heavy atom. The minimum Gasteiger partial charge on any atom is -0.399 e. The molecular formula is C27H32B2O9. The molecule has 2 heterocycles. The minimum absolute atomic E-state index is 0.302. The fourth-order valence-corrected chi connectivity index (χ4v) is 3.81. The summed E-state index contributed by atoms with van der Waals surface area (Å²) in [6.45, 7) is 15.2. The van der Waals surface area contributed by atoms with Gasteiger partial charge in [-0.05, 0) is 90.6 Å². The van der Waals surface area contributed by atoms with E-state index < -0.39 is 53.7 Å². The van der Waals surface area contributed by atoms with Crippen molar-refractivity contribution in [2.24, 2.45) is 0 Å². The first-order valence-corrected chi connectivity index (χ1v) is 12.4. The fraction of sp³-hybridized carbons (Fsp3) is 0.444. The summed E-state index contributed by atoms with van der Waals surface area (Å²) in [6, 6.07) is 11.5. The largest absolute Gasteiger partial charge is 0.519 e. The van der Waals surface area contributed by atoms with Crippen molar-refractivity contribution in [3.05, 3.63) is 69.0 Å². The van der Waals surface area contributed by atoms with Crippen molar-refractivity contribution in [2.45, 2.75) is 77.8 Å². The SMILES string of the molecule is CC1(C)OB(c2cccc(=O)c(OC(=O)Oc3cc(B4OC(C)(C)C(C)(C)O4)cccc3=O)c2)OC1(C)C. The number of hydrogen-bond donors (Lipinski definition) is 0. The predicted octanol–water partition coefficient (Wildman–Crippen LogP) is 2.58. The summed E-state index contributed by atoms with van der Waals surface area (Å²) in [5.41, 5.74) is -2.58. The molecule has 200 valence electrons. The van der Waals surface area contributed by atoms with Crippen molar-refractivity contribution in [3.63, 3.8) is 0 Å². The zero-order chi connectivity index (χ0) is 28.1. The summed E-state index contributed by atoms with van der Waals surface area (Å²) < 4.78 is 34.7. The lowest BCUT2D eigenvalue weighted by Gasteiger charge is -2.32. The van der Waals surface area contributed by atoms with Gasteiger partial charge in [-0.3, -0.25) is 9.59 Å². The van der Waals surface area contributed by atoms with Gasteiger partial charge in [0.05, 0.1) is 22.4 Å². The fourth-order valence-electron chi connectivity index (χ4n) is 3.81. The number of rotatable bonds is 4. The monoisotopic (exact) mass is 522 g/mol. The van der Waals surface area contributed by atoms with E-state index in [0.717, 1.165) is 0 Å². The Hall–Kier alpha value is -2.98. The Kier molecular flexibility index (Phi) is 7.12. The Balaban J connectivity index is 1.57. The van der Waals surface area contributed by atoms with E-state index in [1.165, 1.54) is 36.4 Å². The summed E-state index contributed by atoms with van der Waals surface area (Å²) >= 11 is 0. The molecule has 0 N–H and O–H groups in total. The molecule has 0 bridgehead atoms. The van der Waals surface area contributed by atoms with Crippen LogP contribution in [0.25, 0.3) is 0 Å². The summed E-state index contributed by atoms with van der Waals surface area (Å²) in [7, 11) is -1.57. The standard InChI is InChI=1S/C27H32B2O9/c1-24(2)25(3,4)36-28(35-24)17-11-9-13-19(30)21(15-17)33-23(32)34-22-16-18(12-10-14-20(22)31)29-37-26(5,6)27(7,8)38-29/h9-16H,1-8H3. The van der Waals surface area contributed by atoms with Gasteiger partial charge in [0.15, 0.2) is 11.5 Å². The molecule has 0 radical (unpaired) electrons. The van der Waals surface area contributed by atoms with Gasteiger partial charge < -0.3 is 28.1 Å². The van der Waals surface area contributed by atoms with Gasteiger partial charge in [0.25, 0.3) is 0 Å². The average molecular weight is 522 g/mol. The van der Waals surface area contributed by atoms with Crippen molar-refractivity contribution >= 4 is 31.3 Å². The van der Waals surface area contributed by atoms with Crippen LogP contribution in [0.5, 0.6) is 11.5 Å². The molecule has 11 heteroatoms. The van der Waals surface area contributed by atoms with Crippen LogP contribution in [0.1, 0.15) is 55.4 Å². The second-order valence-electron chi connectivity index (χ2n) is 11.4. The van der Waals surface area contributed by atoms with Gasteiger partial charge in [-0.2, -0.15) is 0 Å². The maximum atomic E-state index is 12.7. The predicted molar refractivity (Wildman–Crippen MR) is 144 cm³/mol. The van der Waals surface area contributed by atoms with E-state index >= 15 is 0 Å². The summed E-state index contributed by atoms with van der Waals surface area (Å²) in [5, 5.41) is 0. The second-order valence-corrected chi connectivity index (χ2v) is 11.4. The van der Waals surface area contributed by atoms with Crippen molar-refractivity contribution in [1.82, 2.24) is 0 Å². The zero-order valence-electron chi connectivity index (χ0n) is 22.9. The third kappa shape index (κ3) is 5.42. The van der Waals surface area contributed by atoms with E-state index in [4.69, 9.17) is 28.1 Å². The van der Waals surface area contributed by atoms with E-state index in [1.807, 2.05) is 55.4 Å². The van der Waals surface area contributed by atoms with Crippen molar-refractivity contribution in [2.75, 3.05) is 0 Å². The molecule has 0 aliphatic carbocycles. The highest BCUT2D eigenvalue weighted by atomic mass is 16.7. The Labute approximate surface area is 222 Å². The lowest BCUT2D eigenvalue weighted by atomic mass is 9.80. The van der Waals surface area contributed by atoms with E-state index in [9.17, 15) is 14.4 Å². The Morgan fingerprint density at radius 2 is 0.921 bits per heavy atom. The topological polar surface area (TPSA) is 107 Å². The van der Waals surface area contributed by atoms with Crippen LogP contribution in [-0.4, -0.2) is 42.8 Å². The van der Waals surface area contributed by atoms with Crippen LogP contribution >= 0.6 is 0 Å². The number of carbonyl (C=O) groups is 1. The van der Waals surface area contributed by atoms with E-state index in [-0.39, 0.29) is 11.5 Å². The molecule has 0 saturated carbocycles. The highest BCUT2D eigenvalue weighted by molar-refractivity contribution is 6.62. The molecule has 2 aromatic rings. The van der Waals surface area contributed by atoms with Crippen LogP contribution in [0.4, 0.5) is 4.79 Å². The van der Waals surface area contributed by atoms with Gasteiger partial charge in [0, 0.05) is 0 Å². The molecule has 2 fully saturated rings. The average Bonchev–Trinajstić information content (AvgIpc) is 2.97. The molecular weight excluding hydrogens is 490 g/mol. The molecule has 0 unspecified atom stereocenters. The lowest BCUT2D eigenvalue weighted by Crippen LogP contribution is -2.41. The smallest absolute Gasteiger partial charge is 0.399 e. The molecule has 2 aromatic carbocycles. The van der Waals surface area contributed by atoms with Gasteiger partial charge in [-0.25, -0.2) is 4.79 Å². The van der Waals surface area contributed by atoms with Gasteiger partial charge in [0.1, 0.15) is 0 Å². The molecule has 0 amide bonds. The first kappa shape index (κ1) is 28.0. The molecule has 2 aliphatic rings. The first-order chi connectivity index (χ1) is 17.5. The molecule has 0 atom stereocenters. The van der Waals surface area contributed by atoms with Crippen LogP contribution < -0.4 is 31.3 Å².